The quantitative estimate of drug-likeness (QED) is 0.885. The van der Waals surface area contributed by atoms with Gasteiger partial charge in [0.25, 0.3) is 0 Å². The number of nitrogens with zero attached hydrogens (tertiary/aromatic N) is 4. The van der Waals surface area contributed by atoms with Crippen LogP contribution in [0.25, 0.3) is 0 Å². The molecule has 1 unspecified atom stereocenters. The van der Waals surface area contributed by atoms with E-state index in [1.54, 1.807) is 13.8 Å². The lowest BCUT2D eigenvalue weighted by Gasteiger charge is -2.11. The molecule has 0 radical (unpaired) electrons. The molecule has 1 amide bonds. The Morgan fingerprint density at radius 1 is 1.29 bits per heavy atom. The first-order valence-corrected chi connectivity index (χ1v) is 8.00. The van der Waals surface area contributed by atoms with Crippen molar-refractivity contribution in [2.24, 2.45) is 0 Å². The molecule has 2 rings (SSSR count). The van der Waals surface area contributed by atoms with E-state index in [0.29, 0.717) is 5.82 Å². The van der Waals surface area contributed by atoms with Gasteiger partial charge < -0.3 is 5.32 Å². The number of aryl methyl sites for hydroxylation is 1. The molecule has 0 aromatic carbocycles. The number of nitrogens with one attached hydrogen (secondary N) is 1. The van der Waals surface area contributed by atoms with Crippen LogP contribution in [0.3, 0.4) is 0 Å². The highest BCUT2D eigenvalue weighted by atomic mass is 32.2. The van der Waals surface area contributed by atoms with Crippen molar-refractivity contribution in [2.75, 3.05) is 11.6 Å². The van der Waals surface area contributed by atoms with Crippen LogP contribution in [-0.2, 0) is 14.6 Å². The van der Waals surface area contributed by atoms with Gasteiger partial charge in [0.05, 0.1) is 24.3 Å². The van der Waals surface area contributed by atoms with Crippen LogP contribution in [0.4, 0.5) is 5.82 Å². The van der Waals surface area contributed by atoms with Gasteiger partial charge in [-0.05, 0) is 13.8 Å². The molecule has 0 aliphatic carbocycles. The van der Waals surface area contributed by atoms with E-state index >= 15 is 0 Å². The number of carbonyl (C=O) groups is 1. The first kappa shape index (κ1) is 15.1. The van der Waals surface area contributed by atoms with Crippen molar-refractivity contribution in [1.29, 1.82) is 0 Å². The van der Waals surface area contributed by atoms with Crippen molar-refractivity contribution < 1.29 is 13.2 Å². The Hall–Kier alpha value is -2.29. The van der Waals surface area contributed by atoms with Crippen molar-refractivity contribution >= 4 is 21.6 Å². The molecular formula is C12H15N5O3S. The normalized spacial score (nSPS) is 12.9. The van der Waals surface area contributed by atoms with Gasteiger partial charge in [-0.2, -0.15) is 5.10 Å². The molecule has 0 fully saturated rings. The summed E-state index contributed by atoms with van der Waals surface area (Å²) in [4.78, 5) is 20.2. The van der Waals surface area contributed by atoms with Crippen LogP contribution in [-0.4, -0.2) is 40.3 Å². The summed E-state index contributed by atoms with van der Waals surface area (Å²) in [6.45, 7) is 3.40. The van der Waals surface area contributed by atoms with Gasteiger partial charge in [-0.25, -0.2) is 13.4 Å². The van der Waals surface area contributed by atoms with Gasteiger partial charge in [-0.15, -0.1) is 0 Å². The Balaban J connectivity index is 2.12. The number of rotatable bonds is 4. The average Bonchev–Trinajstić information content (AvgIpc) is 2.90. The largest absolute Gasteiger partial charge is 0.308 e. The lowest BCUT2D eigenvalue weighted by molar-refractivity contribution is -0.119. The third-order valence-corrected chi connectivity index (χ3v) is 3.88. The highest BCUT2D eigenvalue weighted by Gasteiger charge is 2.19. The monoisotopic (exact) mass is 309 g/mol. The van der Waals surface area contributed by atoms with E-state index in [2.05, 4.69) is 20.4 Å². The molecule has 0 aliphatic rings. The van der Waals surface area contributed by atoms with Gasteiger partial charge in [0, 0.05) is 12.5 Å². The van der Waals surface area contributed by atoms with Crippen LogP contribution in [0.5, 0.6) is 0 Å². The Morgan fingerprint density at radius 2 is 2.00 bits per heavy atom. The summed E-state index contributed by atoms with van der Waals surface area (Å²) >= 11 is 0. The number of aromatic nitrogens is 4. The van der Waals surface area contributed by atoms with E-state index in [-0.39, 0.29) is 10.8 Å². The highest BCUT2D eigenvalue weighted by Crippen LogP contribution is 2.13. The fourth-order valence-electron chi connectivity index (χ4n) is 1.53. The van der Waals surface area contributed by atoms with Crippen molar-refractivity contribution in [3.8, 4) is 0 Å². The van der Waals surface area contributed by atoms with Crippen LogP contribution >= 0.6 is 0 Å². The molecule has 21 heavy (non-hydrogen) atoms. The van der Waals surface area contributed by atoms with Crippen LogP contribution < -0.4 is 5.32 Å². The lowest BCUT2D eigenvalue weighted by atomic mass is 10.3. The number of sulfone groups is 1. The predicted octanol–water partition coefficient (Wildman–Crippen LogP) is 0.585. The van der Waals surface area contributed by atoms with Gasteiger partial charge in [-0.3, -0.25) is 14.5 Å². The molecule has 0 aliphatic heterocycles. The molecule has 2 heterocycles. The topological polar surface area (TPSA) is 107 Å². The summed E-state index contributed by atoms with van der Waals surface area (Å²) in [5, 5.41) is 6.49. The minimum absolute atomic E-state index is 0.0669. The standard InChI is InChI=1S/C12H15N5O3S/c1-8-4-14-11(6-13-8)16-12(18)9(2)17-7-10(5-15-17)21(3,19)20/h4-7,9H,1-3H3,(H,14,16,18). The van der Waals surface area contributed by atoms with E-state index in [1.165, 1.54) is 29.5 Å². The second-order valence-corrected chi connectivity index (χ2v) is 6.65. The second-order valence-electron chi connectivity index (χ2n) is 4.64. The average molecular weight is 309 g/mol. The minimum Gasteiger partial charge on any atom is -0.308 e. The zero-order chi connectivity index (χ0) is 15.6. The van der Waals surface area contributed by atoms with E-state index < -0.39 is 15.9 Å². The predicted molar refractivity (Wildman–Crippen MR) is 75.4 cm³/mol. The molecule has 1 N–H and O–H groups in total. The summed E-state index contributed by atoms with van der Waals surface area (Å²) in [5.41, 5.74) is 0.742. The molecule has 8 nitrogen and oxygen atoms in total. The summed E-state index contributed by atoms with van der Waals surface area (Å²) in [6, 6.07) is -0.677. The maximum absolute atomic E-state index is 12.1. The molecule has 2 aromatic heterocycles. The maximum Gasteiger partial charge on any atom is 0.250 e. The fraction of sp³-hybridized carbons (Fsp3) is 0.333. The summed E-state index contributed by atoms with van der Waals surface area (Å²) in [7, 11) is -3.34. The molecule has 0 saturated carbocycles. The van der Waals surface area contributed by atoms with E-state index in [1.807, 2.05) is 0 Å². The zero-order valence-electron chi connectivity index (χ0n) is 11.8. The van der Waals surface area contributed by atoms with E-state index in [9.17, 15) is 13.2 Å². The molecule has 2 aromatic rings. The Morgan fingerprint density at radius 3 is 2.52 bits per heavy atom. The van der Waals surface area contributed by atoms with Crippen LogP contribution in [0, 0.1) is 6.92 Å². The molecule has 1 atom stereocenters. The van der Waals surface area contributed by atoms with Crippen molar-refractivity contribution in [2.45, 2.75) is 24.8 Å². The Bertz CT molecular complexity index is 751. The van der Waals surface area contributed by atoms with Gasteiger partial charge >= 0.3 is 0 Å². The first-order valence-electron chi connectivity index (χ1n) is 6.11. The molecule has 0 saturated heterocycles. The summed E-state index contributed by atoms with van der Waals surface area (Å²) in [6.07, 6.45) is 6.60. The third kappa shape index (κ3) is 3.63. The molecule has 112 valence electrons. The van der Waals surface area contributed by atoms with Gasteiger partial charge in [0.15, 0.2) is 15.7 Å². The smallest absolute Gasteiger partial charge is 0.250 e. The SMILES string of the molecule is Cc1cnc(NC(=O)C(C)n2cc(S(C)(=O)=O)cn2)cn1. The number of carbonyl (C=O) groups excluding carboxylic acids is 1. The number of amides is 1. The number of hydrogen-bond donors (Lipinski definition) is 1. The molecule has 9 heteroatoms. The van der Waals surface area contributed by atoms with Gasteiger partial charge in [0.2, 0.25) is 5.91 Å². The number of anilines is 1. The van der Waals surface area contributed by atoms with Crippen LogP contribution in [0.15, 0.2) is 29.7 Å². The van der Waals surface area contributed by atoms with Crippen molar-refractivity contribution in [1.82, 2.24) is 19.7 Å². The maximum atomic E-state index is 12.1. The minimum atomic E-state index is -3.34. The summed E-state index contributed by atoms with van der Waals surface area (Å²) in [5.74, 6) is -0.0377. The molecule has 0 spiro atoms. The van der Waals surface area contributed by atoms with Crippen molar-refractivity contribution in [3.63, 3.8) is 0 Å². The van der Waals surface area contributed by atoms with E-state index in [4.69, 9.17) is 0 Å². The highest BCUT2D eigenvalue weighted by molar-refractivity contribution is 7.90. The van der Waals surface area contributed by atoms with Gasteiger partial charge in [-0.1, -0.05) is 0 Å². The fourth-order valence-corrected chi connectivity index (χ4v) is 2.07. The van der Waals surface area contributed by atoms with Crippen molar-refractivity contribution in [3.05, 3.63) is 30.5 Å². The number of hydrogen-bond acceptors (Lipinski definition) is 6. The zero-order valence-corrected chi connectivity index (χ0v) is 12.6. The third-order valence-electron chi connectivity index (χ3n) is 2.81. The van der Waals surface area contributed by atoms with Crippen LogP contribution in [0.2, 0.25) is 0 Å². The second kappa shape index (κ2) is 5.60. The summed E-state index contributed by atoms with van der Waals surface area (Å²) < 4.78 is 24.1. The van der Waals surface area contributed by atoms with Gasteiger partial charge in [0.1, 0.15) is 10.9 Å². The molecule has 0 bridgehead atoms. The Labute approximate surface area is 122 Å². The first-order chi connectivity index (χ1) is 9.77. The van der Waals surface area contributed by atoms with E-state index in [0.717, 1.165) is 11.9 Å². The Kier molecular flexibility index (Phi) is 4.03. The van der Waals surface area contributed by atoms with Crippen LogP contribution in [0.1, 0.15) is 18.7 Å². The lowest BCUT2D eigenvalue weighted by Crippen LogP contribution is -2.24. The molecular weight excluding hydrogens is 294 g/mol.